The highest BCUT2D eigenvalue weighted by molar-refractivity contribution is 6.30. The van der Waals surface area contributed by atoms with Crippen LogP contribution in [0.5, 0.6) is 0 Å². The number of benzene rings is 2. The normalized spacial score (nSPS) is 16.2. The Morgan fingerprint density at radius 2 is 1.65 bits per heavy atom. The average Bonchev–Trinajstić information content (AvgIpc) is 2.49. The van der Waals surface area contributed by atoms with Crippen LogP contribution in [0.3, 0.4) is 0 Å². The first-order valence-corrected chi connectivity index (χ1v) is 7.77. The lowest BCUT2D eigenvalue weighted by Crippen LogP contribution is -2.29. The average molecular weight is 286 g/mol. The van der Waals surface area contributed by atoms with Gasteiger partial charge in [0.2, 0.25) is 0 Å². The first kappa shape index (κ1) is 13.7. The van der Waals surface area contributed by atoms with Crippen molar-refractivity contribution >= 4 is 11.6 Å². The molecule has 104 valence electrons. The molecule has 1 nitrogen and oxygen atoms in total. The van der Waals surface area contributed by atoms with Crippen LogP contribution in [0.2, 0.25) is 5.02 Å². The van der Waals surface area contributed by atoms with Crippen LogP contribution in [0.25, 0.3) is 11.1 Å². The molecule has 0 spiro atoms. The van der Waals surface area contributed by atoms with E-state index in [1.165, 1.54) is 49.0 Å². The minimum atomic E-state index is 0.830. The zero-order chi connectivity index (χ0) is 13.8. The van der Waals surface area contributed by atoms with Gasteiger partial charge in [0.05, 0.1) is 0 Å². The largest absolute Gasteiger partial charge is 0.299 e. The van der Waals surface area contributed by atoms with Gasteiger partial charge in [0.25, 0.3) is 0 Å². The van der Waals surface area contributed by atoms with Gasteiger partial charge in [-0.2, -0.15) is 0 Å². The molecule has 2 aromatic rings. The van der Waals surface area contributed by atoms with Gasteiger partial charge in [-0.1, -0.05) is 54.4 Å². The molecule has 0 atom stereocenters. The lowest BCUT2D eigenvalue weighted by Gasteiger charge is -2.27. The molecule has 0 saturated carbocycles. The second-order valence-electron chi connectivity index (χ2n) is 5.50. The number of hydrogen-bond donors (Lipinski definition) is 0. The molecule has 0 radical (unpaired) electrons. The predicted octanol–water partition coefficient (Wildman–Crippen LogP) is 4.99. The Hall–Kier alpha value is -1.31. The summed E-state index contributed by atoms with van der Waals surface area (Å²) < 4.78 is 0. The Balaban J connectivity index is 1.90. The van der Waals surface area contributed by atoms with E-state index in [9.17, 15) is 0 Å². The maximum Gasteiger partial charge on any atom is 0.0409 e. The molecule has 2 aromatic carbocycles. The molecular formula is C18H20ClN. The quantitative estimate of drug-likeness (QED) is 0.768. The SMILES string of the molecule is Clc1ccc(-c2ccccc2)c(CN2CCCCC2)c1. The van der Waals surface area contributed by atoms with Crippen LogP contribution in [-0.2, 0) is 6.54 Å². The summed E-state index contributed by atoms with van der Waals surface area (Å²) in [6, 6.07) is 16.8. The van der Waals surface area contributed by atoms with Gasteiger partial charge < -0.3 is 0 Å². The predicted molar refractivity (Wildman–Crippen MR) is 86.0 cm³/mol. The molecule has 0 unspecified atom stereocenters. The molecule has 0 aromatic heterocycles. The van der Waals surface area contributed by atoms with Gasteiger partial charge in [0.15, 0.2) is 0 Å². The third-order valence-electron chi connectivity index (χ3n) is 3.99. The number of nitrogens with zero attached hydrogens (tertiary/aromatic N) is 1. The van der Waals surface area contributed by atoms with Crippen molar-refractivity contribution in [2.75, 3.05) is 13.1 Å². The Labute approximate surface area is 126 Å². The van der Waals surface area contributed by atoms with Crippen molar-refractivity contribution in [1.29, 1.82) is 0 Å². The van der Waals surface area contributed by atoms with E-state index in [0.29, 0.717) is 0 Å². The van der Waals surface area contributed by atoms with Crippen LogP contribution < -0.4 is 0 Å². The molecule has 2 heteroatoms. The lowest BCUT2D eigenvalue weighted by atomic mass is 9.98. The van der Waals surface area contributed by atoms with E-state index < -0.39 is 0 Å². The summed E-state index contributed by atoms with van der Waals surface area (Å²) in [5.41, 5.74) is 3.92. The zero-order valence-corrected chi connectivity index (χ0v) is 12.4. The van der Waals surface area contributed by atoms with Crippen molar-refractivity contribution in [1.82, 2.24) is 4.90 Å². The second-order valence-corrected chi connectivity index (χ2v) is 5.94. The topological polar surface area (TPSA) is 3.24 Å². The van der Waals surface area contributed by atoms with Gasteiger partial charge >= 0.3 is 0 Å². The van der Waals surface area contributed by atoms with Gasteiger partial charge in [0.1, 0.15) is 0 Å². The summed E-state index contributed by atoms with van der Waals surface area (Å²) >= 11 is 6.20. The number of likely N-dealkylation sites (tertiary alicyclic amines) is 1. The monoisotopic (exact) mass is 285 g/mol. The third-order valence-corrected chi connectivity index (χ3v) is 4.23. The molecular weight excluding hydrogens is 266 g/mol. The van der Waals surface area contributed by atoms with Crippen LogP contribution in [-0.4, -0.2) is 18.0 Å². The highest BCUT2D eigenvalue weighted by Gasteiger charge is 2.13. The summed E-state index contributed by atoms with van der Waals surface area (Å²) in [4.78, 5) is 2.54. The van der Waals surface area contributed by atoms with E-state index in [0.717, 1.165) is 11.6 Å². The summed E-state index contributed by atoms with van der Waals surface area (Å²) in [5.74, 6) is 0. The van der Waals surface area contributed by atoms with Gasteiger partial charge in [-0.05, 0) is 54.8 Å². The Morgan fingerprint density at radius 3 is 2.40 bits per heavy atom. The van der Waals surface area contributed by atoms with Crippen LogP contribution in [0.4, 0.5) is 0 Å². The lowest BCUT2D eigenvalue weighted by molar-refractivity contribution is 0.221. The maximum absolute atomic E-state index is 6.20. The highest BCUT2D eigenvalue weighted by atomic mass is 35.5. The minimum Gasteiger partial charge on any atom is -0.299 e. The molecule has 0 amide bonds. The summed E-state index contributed by atoms with van der Waals surface area (Å²) in [5, 5.41) is 0.830. The van der Waals surface area contributed by atoms with E-state index in [1.807, 2.05) is 6.07 Å². The number of hydrogen-bond acceptors (Lipinski definition) is 1. The maximum atomic E-state index is 6.20. The first-order valence-electron chi connectivity index (χ1n) is 7.39. The molecule has 1 aliphatic rings. The number of halogens is 1. The molecule has 1 fully saturated rings. The number of rotatable bonds is 3. The van der Waals surface area contributed by atoms with Gasteiger partial charge in [0, 0.05) is 11.6 Å². The van der Waals surface area contributed by atoms with Gasteiger partial charge in [-0.25, -0.2) is 0 Å². The molecule has 0 bridgehead atoms. The van der Waals surface area contributed by atoms with Crippen LogP contribution in [0, 0.1) is 0 Å². The van der Waals surface area contributed by atoms with Crippen LogP contribution >= 0.6 is 11.6 Å². The van der Waals surface area contributed by atoms with E-state index >= 15 is 0 Å². The smallest absolute Gasteiger partial charge is 0.0409 e. The summed E-state index contributed by atoms with van der Waals surface area (Å²) in [6.07, 6.45) is 4.01. The fourth-order valence-corrected chi connectivity index (χ4v) is 3.15. The Bertz CT molecular complexity index is 559. The summed E-state index contributed by atoms with van der Waals surface area (Å²) in [7, 11) is 0. The molecule has 3 rings (SSSR count). The number of piperidine rings is 1. The molecule has 20 heavy (non-hydrogen) atoms. The van der Waals surface area contributed by atoms with Crippen LogP contribution in [0.15, 0.2) is 48.5 Å². The van der Waals surface area contributed by atoms with Crippen molar-refractivity contribution in [2.45, 2.75) is 25.8 Å². The molecule has 0 aliphatic carbocycles. The molecule has 0 N–H and O–H groups in total. The standard InChI is InChI=1S/C18H20ClN/c19-17-9-10-18(15-7-3-1-4-8-15)16(13-17)14-20-11-5-2-6-12-20/h1,3-4,7-10,13H,2,5-6,11-12,14H2. The van der Waals surface area contributed by atoms with Crippen molar-refractivity contribution in [2.24, 2.45) is 0 Å². The first-order chi connectivity index (χ1) is 9.83. The van der Waals surface area contributed by atoms with Crippen LogP contribution in [0.1, 0.15) is 24.8 Å². The van der Waals surface area contributed by atoms with Crippen molar-refractivity contribution in [3.63, 3.8) is 0 Å². The van der Waals surface area contributed by atoms with Crippen molar-refractivity contribution in [3.8, 4) is 11.1 Å². The third kappa shape index (κ3) is 3.23. The highest BCUT2D eigenvalue weighted by Crippen LogP contribution is 2.28. The minimum absolute atomic E-state index is 0.830. The van der Waals surface area contributed by atoms with E-state index in [-0.39, 0.29) is 0 Å². The Morgan fingerprint density at radius 1 is 0.900 bits per heavy atom. The van der Waals surface area contributed by atoms with E-state index in [1.54, 1.807) is 0 Å². The molecule has 1 heterocycles. The molecule has 1 saturated heterocycles. The fourth-order valence-electron chi connectivity index (χ4n) is 2.95. The van der Waals surface area contributed by atoms with Gasteiger partial charge in [-0.3, -0.25) is 4.90 Å². The summed E-state index contributed by atoms with van der Waals surface area (Å²) in [6.45, 7) is 3.42. The molecule has 1 aliphatic heterocycles. The fraction of sp³-hybridized carbons (Fsp3) is 0.333. The van der Waals surface area contributed by atoms with E-state index in [4.69, 9.17) is 11.6 Å². The van der Waals surface area contributed by atoms with Gasteiger partial charge in [-0.15, -0.1) is 0 Å². The second kappa shape index (κ2) is 6.43. The van der Waals surface area contributed by atoms with E-state index in [2.05, 4.69) is 47.4 Å². The van der Waals surface area contributed by atoms with Crippen molar-refractivity contribution < 1.29 is 0 Å². The Kier molecular flexibility index (Phi) is 4.39. The zero-order valence-electron chi connectivity index (χ0n) is 11.7. The van der Waals surface area contributed by atoms with Crippen molar-refractivity contribution in [3.05, 3.63) is 59.1 Å².